The molecular formula is C12H16N4. The van der Waals surface area contributed by atoms with Gasteiger partial charge in [0.2, 0.25) is 0 Å². The van der Waals surface area contributed by atoms with Gasteiger partial charge in [0.15, 0.2) is 5.65 Å². The number of hydrogen-bond acceptors (Lipinski definition) is 3. The second kappa shape index (κ2) is 3.28. The van der Waals surface area contributed by atoms with E-state index in [-0.39, 0.29) is 5.54 Å². The number of hydrogen-bond donors (Lipinski definition) is 2. The minimum Gasteiger partial charge on any atom is -0.341 e. The first kappa shape index (κ1) is 9.78. The molecule has 0 unspecified atom stereocenters. The van der Waals surface area contributed by atoms with Crippen molar-refractivity contribution in [3.8, 4) is 0 Å². The molecule has 16 heavy (non-hydrogen) atoms. The molecule has 0 aromatic carbocycles. The van der Waals surface area contributed by atoms with E-state index in [1.807, 2.05) is 13.1 Å². The molecule has 3 N–H and O–H groups in total. The zero-order valence-corrected chi connectivity index (χ0v) is 9.45. The molecule has 0 spiro atoms. The molecule has 3 rings (SSSR count). The highest BCUT2D eigenvalue weighted by Gasteiger charge is 2.31. The van der Waals surface area contributed by atoms with E-state index in [1.165, 1.54) is 12.8 Å². The Bertz CT molecular complexity index is 523. The molecule has 0 radical (unpaired) electrons. The third kappa shape index (κ3) is 1.41. The Morgan fingerprint density at radius 1 is 1.38 bits per heavy atom. The molecule has 2 aromatic rings. The number of pyridine rings is 1. The Kier molecular flexibility index (Phi) is 2.01. The van der Waals surface area contributed by atoms with E-state index in [9.17, 15) is 0 Å². The van der Waals surface area contributed by atoms with Crippen LogP contribution in [0.25, 0.3) is 11.2 Å². The van der Waals surface area contributed by atoms with Crippen LogP contribution in [0.4, 0.5) is 0 Å². The molecule has 0 atom stereocenters. The normalized spacial score (nSPS) is 19.4. The molecule has 0 aliphatic heterocycles. The highest BCUT2D eigenvalue weighted by Crippen LogP contribution is 2.36. The van der Waals surface area contributed by atoms with Crippen molar-refractivity contribution in [3.63, 3.8) is 0 Å². The molecule has 2 aromatic heterocycles. The fourth-order valence-electron chi connectivity index (χ4n) is 2.59. The van der Waals surface area contributed by atoms with Crippen molar-refractivity contribution in [2.24, 2.45) is 5.73 Å². The zero-order chi connectivity index (χ0) is 11.2. The Morgan fingerprint density at radius 3 is 2.88 bits per heavy atom. The Hall–Kier alpha value is -1.42. The molecule has 1 saturated carbocycles. The first-order chi connectivity index (χ1) is 7.67. The van der Waals surface area contributed by atoms with Crippen molar-refractivity contribution >= 4 is 11.2 Å². The third-order valence-electron chi connectivity index (χ3n) is 3.53. The number of nitrogens with one attached hydrogen (secondary N) is 1. The monoisotopic (exact) mass is 216 g/mol. The van der Waals surface area contributed by atoms with Crippen molar-refractivity contribution in [1.29, 1.82) is 0 Å². The van der Waals surface area contributed by atoms with Gasteiger partial charge in [-0.05, 0) is 31.4 Å². The van der Waals surface area contributed by atoms with E-state index < -0.39 is 0 Å². The molecular weight excluding hydrogens is 200 g/mol. The smallest absolute Gasteiger partial charge is 0.177 e. The molecule has 84 valence electrons. The fraction of sp³-hybridized carbons (Fsp3) is 0.500. The maximum Gasteiger partial charge on any atom is 0.177 e. The molecule has 2 heterocycles. The average molecular weight is 216 g/mol. The maximum absolute atomic E-state index is 6.40. The van der Waals surface area contributed by atoms with E-state index in [4.69, 9.17) is 5.73 Å². The summed E-state index contributed by atoms with van der Waals surface area (Å²) in [5, 5.41) is 0. The first-order valence-corrected chi connectivity index (χ1v) is 5.79. The van der Waals surface area contributed by atoms with Gasteiger partial charge in [-0.3, -0.25) is 0 Å². The van der Waals surface area contributed by atoms with Gasteiger partial charge in [0, 0.05) is 11.7 Å². The standard InChI is InChI=1S/C12H16N4/c1-8-15-10-6-9(7-14-11(10)16-8)12(13)4-2-3-5-12/h6-7H,2-5,13H2,1H3,(H,14,15,16). The molecule has 4 heteroatoms. The van der Waals surface area contributed by atoms with Gasteiger partial charge in [0.1, 0.15) is 5.82 Å². The minimum absolute atomic E-state index is 0.166. The van der Waals surface area contributed by atoms with E-state index in [2.05, 4.69) is 21.0 Å². The number of aryl methyl sites for hydroxylation is 1. The van der Waals surface area contributed by atoms with Crippen molar-refractivity contribution < 1.29 is 0 Å². The van der Waals surface area contributed by atoms with Crippen molar-refractivity contribution in [2.75, 3.05) is 0 Å². The van der Waals surface area contributed by atoms with Gasteiger partial charge >= 0.3 is 0 Å². The summed E-state index contributed by atoms with van der Waals surface area (Å²) in [5.41, 5.74) is 9.15. The molecule has 0 bridgehead atoms. The van der Waals surface area contributed by atoms with Crippen molar-refractivity contribution in [1.82, 2.24) is 15.0 Å². The van der Waals surface area contributed by atoms with Crippen LogP contribution >= 0.6 is 0 Å². The van der Waals surface area contributed by atoms with Crippen LogP contribution in [0.15, 0.2) is 12.3 Å². The average Bonchev–Trinajstić information content (AvgIpc) is 2.82. The predicted octanol–water partition coefficient (Wildman–Crippen LogP) is 1.99. The number of nitrogens with two attached hydrogens (primary N) is 1. The summed E-state index contributed by atoms with van der Waals surface area (Å²) < 4.78 is 0. The number of aromatic amines is 1. The molecule has 4 nitrogen and oxygen atoms in total. The highest BCUT2D eigenvalue weighted by atomic mass is 15.0. The highest BCUT2D eigenvalue weighted by molar-refractivity contribution is 5.71. The largest absolute Gasteiger partial charge is 0.341 e. The predicted molar refractivity (Wildman–Crippen MR) is 63.0 cm³/mol. The first-order valence-electron chi connectivity index (χ1n) is 5.79. The summed E-state index contributed by atoms with van der Waals surface area (Å²) in [4.78, 5) is 11.9. The molecule has 0 saturated heterocycles. The Morgan fingerprint density at radius 2 is 2.12 bits per heavy atom. The number of nitrogens with zero attached hydrogens (tertiary/aromatic N) is 2. The van der Waals surface area contributed by atoms with Crippen LogP contribution in [0.2, 0.25) is 0 Å². The van der Waals surface area contributed by atoms with Gasteiger partial charge in [-0.25, -0.2) is 9.97 Å². The Labute approximate surface area is 94.3 Å². The summed E-state index contributed by atoms with van der Waals surface area (Å²) in [5.74, 6) is 0.900. The summed E-state index contributed by atoms with van der Waals surface area (Å²) in [6.07, 6.45) is 6.45. The number of H-pyrrole nitrogens is 1. The van der Waals surface area contributed by atoms with Crippen LogP contribution in [0, 0.1) is 6.92 Å². The molecule has 1 fully saturated rings. The van der Waals surface area contributed by atoms with E-state index >= 15 is 0 Å². The lowest BCUT2D eigenvalue weighted by Crippen LogP contribution is -2.33. The summed E-state index contributed by atoms with van der Waals surface area (Å²) in [6.45, 7) is 1.94. The molecule has 1 aliphatic carbocycles. The number of fused-ring (bicyclic) bond motifs is 1. The second-order valence-corrected chi connectivity index (χ2v) is 4.78. The van der Waals surface area contributed by atoms with Gasteiger partial charge in [-0.2, -0.15) is 0 Å². The van der Waals surface area contributed by atoms with Crippen molar-refractivity contribution in [3.05, 3.63) is 23.7 Å². The molecule has 0 amide bonds. The van der Waals surface area contributed by atoms with E-state index in [1.54, 1.807) is 0 Å². The number of imidazole rings is 1. The fourth-order valence-corrected chi connectivity index (χ4v) is 2.59. The maximum atomic E-state index is 6.40. The van der Waals surface area contributed by atoms with Crippen molar-refractivity contribution in [2.45, 2.75) is 38.1 Å². The van der Waals surface area contributed by atoms with Crippen LogP contribution in [0.1, 0.15) is 37.1 Å². The van der Waals surface area contributed by atoms with Crippen LogP contribution < -0.4 is 5.73 Å². The number of rotatable bonds is 1. The van der Waals surface area contributed by atoms with Gasteiger partial charge in [0.05, 0.1) is 5.52 Å². The van der Waals surface area contributed by atoms with Gasteiger partial charge in [-0.1, -0.05) is 12.8 Å². The lowest BCUT2D eigenvalue weighted by molar-refractivity contribution is 0.461. The summed E-state index contributed by atoms with van der Waals surface area (Å²) in [7, 11) is 0. The third-order valence-corrected chi connectivity index (χ3v) is 3.53. The Balaban J connectivity index is 2.10. The van der Waals surface area contributed by atoms with Crippen LogP contribution in [0.5, 0.6) is 0 Å². The molecule has 1 aliphatic rings. The lowest BCUT2D eigenvalue weighted by Gasteiger charge is -2.23. The number of aromatic nitrogens is 3. The van der Waals surface area contributed by atoms with E-state index in [0.29, 0.717) is 0 Å². The summed E-state index contributed by atoms with van der Waals surface area (Å²) >= 11 is 0. The summed E-state index contributed by atoms with van der Waals surface area (Å²) in [6, 6.07) is 2.10. The van der Waals surface area contributed by atoms with E-state index in [0.717, 1.165) is 35.4 Å². The minimum atomic E-state index is -0.166. The topological polar surface area (TPSA) is 67.6 Å². The van der Waals surface area contributed by atoms with Crippen LogP contribution in [-0.4, -0.2) is 15.0 Å². The zero-order valence-electron chi connectivity index (χ0n) is 9.45. The SMILES string of the molecule is Cc1nc2ncc(C3(N)CCCC3)cc2[nH]1. The quantitative estimate of drug-likeness (QED) is 0.766. The van der Waals surface area contributed by atoms with Crippen LogP contribution in [0.3, 0.4) is 0 Å². The van der Waals surface area contributed by atoms with Gasteiger partial charge in [0.25, 0.3) is 0 Å². The van der Waals surface area contributed by atoms with Gasteiger partial charge in [-0.15, -0.1) is 0 Å². The second-order valence-electron chi connectivity index (χ2n) is 4.78. The lowest BCUT2D eigenvalue weighted by atomic mass is 9.91. The van der Waals surface area contributed by atoms with Crippen LogP contribution in [-0.2, 0) is 5.54 Å². The van der Waals surface area contributed by atoms with Gasteiger partial charge < -0.3 is 10.7 Å².